The summed E-state index contributed by atoms with van der Waals surface area (Å²) in [6, 6.07) is 7.60. The lowest BCUT2D eigenvalue weighted by Crippen LogP contribution is -2.45. The molecule has 0 aromatic heterocycles. The van der Waals surface area contributed by atoms with Gasteiger partial charge < -0.3 is 20.3 Å². The molecule has 0 spiro atoms. The highest BCUT2D eigenvalue weighted by Crippen LogP contribution is 2.33. The minimum absolute atomic E-state index is 0. The summed E-state index contributed by atoms with van der Waals surface area (Å²) in [6.45, 7) is 3.93. The maximum Gasteiger partial charge on any atom is 0.228 e. The van der Waals surface area contributed by atoms with Crippen LogP contribution in [0, 0.1) is 11.8 Å². The molecule has 2 fully saturated rings. The first kappa shape index (κ1) is 20.5. The van der Waals surface area contributed by atoms with Crippen LogP contribution in [0.15, 0.2) is 24.3 Å². The van der Waals surface area contributed by atoms with Crippen molar-refractivity contribution in [3.8, 4) is 5.75 Å². The van der Waals surface area contributed by atoms with Crippen LogP contribution in [0.5, 0.6) is 5.75 Å². The number of likely N-dealkylation sites (tertiary alicyclic amines) is 1. The van der Waals surface area contributed by atoms with Crippen LogP contribution in [0.1, 0.15) is 26.2 Å². The van der Waals surface area contributed by atoms with Gasteiger partial charge in [0.25, 0.3) is 0 Å². The molecule has 144 valence electrons. The summed E-state index contributed by atoms with van der Waals surface area (Å²) in [5.74, 6) is 0.937. The minimum Gasteiger partial charge on any atom is -0.495 e. The van der Waals surface area contributed by atoms with Gasteiger partial charge in [0, 0.05) is 32.1 Å². The molecular formula is C19H28ClN3O3. The van der Waals surface area contributed by atoms with Crippen LogP contribution >= 0.6 is 12.4 Å². The maximum atomic E-state index is 12.8. The third-order valence-corrected chi connectivity index (χ3v) is 5.45. The number of nitrogens with two attached hydrogens (primary N) is 1. The fourth-order valence-corrected chi connectivity index (χ4v) is 3.86. The predicted octanol–water partition coefficient (Wildman–Crippen LogP) is 2.06. The molecule has 1 aromatic rings. The minimum atomic E-state index is -0.274. The van der Waals surface area contributed by atoms with Crippen molar-refractivity contribution in [3.63, 3.8) is 0 Å². The summed E-state index contributed by atoms with van der Waals surface area (Å²) in [7, 11) is 1.59. The summed E-state index contributed by atoms with van der Waals surface area (Å²) in [4.78, 5) is 28.9. The molecule has 0 aliphatic carbocycles. The van der Waals surface area contributed by atoms with E-state index in [0.29, 0.717) is 18.2 Å². The number of rotatable bonds is 4. The fourth-order valence-electron chi connectivity index (χ4n) is 3.86. The van der Waals surface area contributed by atoms with Gasteiger partial charge in [-0.05, 0) is 37.8 Å². The molecule has 2 unspecified atom stereocenters. The monoisotopic (exact) mass is 381 g/mol. The van der Waals surface area contributed by atoms with Gasteiger partial charge >= 0.3 is 0 Å². The zero-order valence-electron chi connectivity index (χ0n) is 15.4. The molecule has 2 aliphatic rings. The summed E-state index contributed by atoms with van der Waals surface area (Å²) in [6.07, 6.45) is 2.16. The van der Waals surface area contributed by atoms with E-state index in [-0.39, 0.29) is 42.6 Å². The Morgan fingerprint density at radius 2 is 1.92 bits per heavy atom. The number of amides is 2. The Morgan fingerprint density at radius 1 is 1.27 bits per heavy atom. The van der Waals surface area contributed by atoms with Crippen LogP contribution in [-0.2, 0) is 9.59 Å². The summed E-state index contributed by atoms with van der Waals surface area (Å²) < 4.78 is 5.35. The van der Waals surface area contributed by atoms with E-state index in [1.54, 1.807) is 12.0 Å². The van der Waals surface area contributed by atoms with Crippen molar-refractivity contribution in [2.24, 2.45) is 17.6 Å². The van der Waals surface area contributed by atoms with Crippen molar-refractivity contribution in [2.75, 3.05) is 31.6 Å². The number of halogens is 1. The predicted molar refractivity (Wildman–Crippen MR) is 104 cm³/mol. The Balaban J connectivity index is 0.00000243. The molecule has 0 saturated carbocycles. The van der Waals surface area contributed by atoms with Crippen molar-refractivity contribution < 1.29 is 14.3 Å². The number of piperidine rings is 1. The largest absolute Gasteiger partial charge is 0.495 e. The van der Waals surface area contributed by atoms with Crippen molar-refractivity contribution in [3.05, 3.63) is 24.3 Å². The van der Waals surface area contributed by atoms with E-state index in [9.17, 15) is 9.59 Å². The van der Waals surface area contributed by atoms with E-state index < -0.39 is 0 Å². The van der Waals surface area contributed by atoms with Gasteiger partial charge in [-0.2, -0.15) is 0 Å². The maximum absolute atomic E-state index is 12.8. The van der Waals surface area contributed by atoms with Crippen LogP contribution in [0.25, 0.3) is 0 Å². The van der Waals surface area contributed by atoms with E-state index >= 15 is 0 Å². The lowest BCUT2D eigenvalue weighted by molar-refractivity contribution is -0.137. The van der Waals surface area contributed by atoms with Gasteiger partial charge in [0.05, 0.1) is 18.7 Å². The second-order valence-corrected chi connectivity index (χ2v) is 7.10. The number of methoxy groups -OCH3 is 1. The summed E-state index contributed by atoms with van der Waals surface area (Å²) in [5.41, 5.74) is 6.71. The smallest absolute Gasteiger partial charge is 0.228 e. The number of hydrogen-bond donors (Lipinski definition) is 1. The Morgan fingerprint density at radius 3 is 2.54 bits per heavy atom. The molecule has 0 radical (unpaired) electrons. The molecular weight excluding hydrogens is 354 g/mol. The van der Waals surface area contributed by atoms with Gasteiger partial charge in [-0.3, -0.25) is 9.59 Å². The molecule has 7 heteroatoms. The molecule has 6 nitrogen and oxygen atoms in total. The molecule has 3 rings (SSSR count). The number of benzene rings is 1. The van der Waals surface area contributed by atoms with Crippen molar-refractivity contribution in [2.45, 2.75) is 32.2 Å². The van der Waals surface area contributed by atoms with Gasteiger partial charge in [-0.15, -0.1) is 12.4 Å². The van der Waals surface area contributed by atoms with Gasteiger partial charge in [0.1, 0.15) is 5.75 Å². The number of carbonyl (C=O) groups excluding carboxylic acids is 2. The number of nitrogens with zero attached hydrogens (tertiary/aromatic N) is 2. The summed E-state index contributed by atoms with van der Waals surface area (Å²) in [5, 5.41) is 0. The second-order valence-electron chi connectivity index (χ2n) is 7.10. The Bertz CT molecular complexity index is 645. The molecule has 2 aliphatic heterocycles. The van der Waals surface area contributed by atoms with Crippen molar-refractivity contribution >= 4 is 29.9 Å². The molecule has 2 N–H and O–H groups in total. The standard InChI is InChI=1S/C19H27N3O3.ClH/c1-13(20)14-7-9-21(10-8-14)19(24)15-11-18(23)22(12-15)16-5-3-4-6-17(16)25-2;/h3-6,13-15H,7-12,20H2,1-2H3;1H. The highest BCUT2D eigenvalue weighted by Gasteiger charge is 2.39. The highest BCUT2D eigenvalue weighted by molar-refractivity contribution is 6.01. The van der Waals surface area contributed by atoms with E-state index in [0.717, 1.165) is 31.6 Å². The number of ether oxygens (including phenoxy) is 1. The average Bonchev–Trinajstić information content (AvgIpc) is 3.02. The normalized spacial score (nSPS) is 22.1. The first-order valence-corrected chi connectivity index (χ1v) is 8.99. The molecule has 2 heterocycles. The Hall–Kier alpha value is -1.79. The second kappa shape index (κ2) is 8.73. The first-order valence-electron chi connectivity index (χ1n) is 8.99. The molecule has 26 heavy (non-hydrogen) atoms. The molecule has 2 amide bonds. The van der Waals surface area contributed by atoms with E-state index in [4.69, 9.17) is 10.5 Å². The lowest BCUT2D eigenvalue weighted by Gasteiger charge is -2.35. The molecule has 1 aromatic carbocycles. The first-order chi connectivity index (χ1) is 12.0. The fraction of sp³-hybridized carbons (Fsp3) is 0.579. The van der Waals surface area contributed by atoms with Crippen LogP contribution in [0.3, 0.4) is 0 Å². The molecule has 2 saturated heterocycles. The lowest BCUT2D eigenvalue weighted by atomic mass is 9.90. The zero-order valence-corrected chi connectivity index (χ0v) is 16.2. The van der Waals surface area contributed by atoms with Crippen molar-refractivity contribution in [1.29, 1.82) is 0 Å². The number of anilines is 1. The van der Waals surface area contributed by atoms with Crippen LogP contribution in [-0.4, -0.2) is 49.5 Å². The third-order valence-electron chi connectivity index (χ3n) is 5.45. The van der Waals surface area contributed by atoms with Crippen molar-refractivity contribution in [1.82, 2.24) is 4.90 Å². The zero-order chi connectivity index (χ0) is 18.0. The Labute approximate surface area is 161 Å². The highest BCUT2D eigenvalue weighted by atomic mass is 35.5. The number of hydrogen-bond acceptors (Lipinski definition) is 4. The SMILES string of the molecule is COc1ccccc1N1CC(C(=O)N2CCC(C(C)N)CC2)CC1=O.Cl. The summed E-state index contributed by atoms with van der Waals surface area (Å²) >= 11 is 0. The van der Waals surface area contributed by atoms with Gasteiger partial charge in [0.15, 0.2) is 0 Å². The Kier molecular flexibility index (Phi) is 6.89. The molecule has 2 atom stereocenters. The number of para-hydroxylation sites is 2. The van der Waals surface area contributed by atoms with Crippen LogP contribution in [0.4, 0.5) is 5.69 Å². The van der Waals surface area contributed by atoms with Crippen LogP contribution in [0.2, 0.25) is 0 Å². The van der Waals surface area contributed by atoms with Gasteiger partial charge in [-0.25, -0.2) is 0 Å². The van der Waals surface area contributed by atoms with E-state index in [1.807, 2.05) is 36.1 Å². The van der Waals surface area contributed by atoms with E-state index in [1.165, 1.54) is 0 Å². The van der Waals surface area contributed by atoms with Crippen LogP contribution < -0.4 is 15.4 Å². The topological polar surface area (TPSA) is 75.9 Å². The van der Waals surface area contributed by atoms with Gasteiger partial charge in [-0.1, -0.05) is 12.1 Å². The van der Waals surface area contributed by atoms with E-state index in [2.05, 4.69) is 0 Å². The van der Waals surface area contributed by atoms with Gasteiger partial charge in [0.2, 0.25) is 11.8 Å². The number of carbonyl (C=O) groups is 2. The third kappa shape index (κ3) is 4.13. The average molecular weight is 382 g/mol. The quantitative estimate of drug-likeness (QED) is 0.866. The molecule has 0 bridgehead atoms.